The molecule has 0 saturated carbocycles. The van der Waals surface area contributed by atoms with Crippen LogP contribution in [0.2, 0.25) is 5.02 Å². The molecule has 4 nitrogen and oxygen atoms in total. The molecule has 0 unspecified atom stereocenters. The molecule has 1 atom stereocenters. The first-order valence-corrected chi connectivity index (χ1v) is 9.87. The fraction of sp³-hybridized carbons (Fsp3) is 0.120. The average molecular weight is 420 g/mol. The lowest BCUT2D eigenvalue weighted by Crippen LogP contribution is -2.25. The first-order valence-electron chi connectivity index (χ1n) is 9.49. The third-order valence-electron chi connectivity index (χ3n) is 4.32. The maximum Gasteiger partial charge on any atom is 0.331 e. The number of benzene rings is 3. The summed E-state index contributed by atoms with van der Waals surface area (Å²) in [5.41, 5.74) is 4.06. The number of esters is 1. The van der Waals surface area contributed by atoms with Crippen molar-refractivity contribution in [2.45, 2.75) is 20.0 Å². The van der Waals surface area contributed by atoms with Crippen molar-refractivity contribution in [1.82, 2.24) is 0 Å². The van der Waals surface area contributed by atoms with Crippen molar-refractivity contribution < 1.29 is 14.3 Å². The third kappa shape index (κ3) is 6.06. The molecule has 5 heteroatoms. The van der Waals surface area contributed by atoms with Crippen LogP contribution in [-0.4, -0.2) is 11.9 Å². The van der Waals surface area contributed by atoms with Crippen LogP contribution in [-0.2, 0) is 14.3 Å². The lowest BCUT2D eigenvalue weighted by molar-refractivity contribution is -0.149. The van der Waals surface area contributed by atoms with Crippen molar-refractivity contribution in [3.05, 3.63) is 106 Å². The Morgan fingerprint density at radius 1 is 0.933 bits per heavy atom. The van der Waals surface area contributed by atoms with E-state index in [1.54, 1.807) is 48.5 Å². The molecule has 1 amide bonds. The maximum absolute atomic E-state index is 13.0. The number of ether oxygens (including phenoxy) is 1. The second-order valence-electron chi connectivity index (χ2n) is 6.98. The van der Waals surface area contributed by atoms with Gasteiger partial charge in [-0.2, -0.15) is 0 Å². The fourth-order valence-corrected chi connectivity index (χ4v) is 3.28. The van der Waals surface area contributed by atoms with E-state index >= 15 is 0 Å². The van der Waals surface area contributed by atoms with Gasteiger partial charge in [0.25, 0.3) is 5.91 Å². The molecule has 3 rings (SSSR count). The monoisotopic (exact) mass is 419 g/mol. The normalized spacial score (nSPS) is 11.8. The topological polar surface area (TPSA) is 55.4 Å². The molecule has 0 heterocycles. The van der Waals surface area contributed by atoms with E-state index < -0.39 is 18.0 Å². The number of carbonyl (C=O) groups is 2. The van der Waals surface area contributed by atoms with Gasteiger partial charge in [-0.3, -0.25) is 4.79 Å². The minimum atomic E-state index is -1.08. The fourth-order valence-electron chi connectivity index (χ4n) is 3.09. The minimum Gasteiger partial charge on any atom is -0.444 e. The van der Waals surface area contributed by atoms with E-state index in [1.165, 1.54) is 6.08 Å². The SMILES string of the molecule is Cc1cc(C)cc(NC(=O)[C@H](OC(=O)C=Cc2cccc(Cl)c2)c2ccccc2)c1. The zero-order chi connectivity index (χ0) is 21.5. The number of hydrogen-bond donors (Lipinski definition) is 1. The Balaban J connectivity index is 1.78. The van der Waals surface area contributed by atoms with Gasteiger partial charge in [0.15, 0.2) is 0 Å². The molecule has 0 fully saturated rings. The van der Waals surface area contributed by atoms with Gasteiger partial charge in [0.05, 0.1) is 0 Å². The summed E-state index contributed by atoms with van der Waals surface area (Å²) in [5.74, 6) is -1.05. The van der Waals surface area contributed by atoms with Gasteiger partial charge in [0.2, 0.25) is 6.10 Å². The van der Waals surface area contributed by atoms with Gasteiger partial charge in [-0.1, -0.05) is 60.1 Å². The van der Waals surface area contributed by atoms with Crippen LogP contribution in [0, 0.1) is 13.8 Å². The second-order valence-corrected chi connectivity index (χ2v) is 7.42. The highest BCUT2D eigenvalue weighted by atomic mass is 35.5. The van der Waals surface area contributed by atoms with Crippen molar-refractivity contribution >= 4 is 35.2 Å². The summed E-state index contributed by atoms with van der Waals surface area (Å²) in [6.07, 6.45) is 1.80. The molecule has 0 aliphatic heterocycles. The highest BCUT2D eigenvalue weighted by Crippen LogP contribution is 2.22. The summed E-state index contributed by atoms with van der Waals surface area (Å²) in [6, 6.07) is 21.8. The molecule has 3 aromatic carbocycles. The Morgan fingerprint density at radius 2 is 1.63 bits per heavy atom. The molecule has 0 aliphatic rings. The second kappa shape index (κ2) is 9.90. The number of hydrogen-bond acceptors (Lipinski definition) is 3. The Morgan fingerprint density at radius 3 is 2.30 bits per heavy atom. The molecule has 0 aliphatic carbocycles. The van der Waals surface area contributed by atoms with Crippen molar-refractivity contribution in [3.63, 3.8) is 0 Å². The Hall–Kier alpha value is -3.37. The van der Waals surface area contributed by atoms with Gasteiger partial charge < -0.3 is 10.1 Å². The van der Waals surface area contributed by atoms with Crippen LogP contribution >= 0.6 is 11.6 Å². The van der Waals surface area contributed by atoms with E-state index in [0.29, 0.717) is 16.3 Å². The molecule has 30 heavy (non-hydrogen) atoms. The van der Waals surface area contributed by atoms with E-state index in [9.17, 15) is 9.59 Å². The summed E-state index contributed by atoms with van der Waals surface area (Å²) in [6.45, 7) is 3.91. The number of amides is 1. The zero-order valence-corrected chi connectivity index (χ0v) is 17.5. The van der Waals surface area contributed by atoms with Gasteiger partial charge in [-0.05, 0) is 60.9 Å². The van der Waals surface area contributed by atoms with Gasteiger partial charge >= 0.3 is 5.97 Å². The first kappa shape index (κ1) is 21.3. The molecule has 0 spiro atoms. The van der Waals surface area contributed by atoms with E-state index in [-0.39, 0.29) is 0 Å². The number of carbonyl (C=O) groups excluding carboxylic acids is 2. The predicted molar refractivity (Wildman–Crippen MR) is 120 cm³/mol. The first-order chi connectivity index (χ1) is 14.4. The van der Waals surface area contributed by atoms with Crippen molar-refractivity contribution in [3.8, 4) is 0 Å². The summed E-state index contributed by atoms with van der Waals surface area (Å²) in [5, 5.41) is 3.42. The largest absolute Gasteiger partial charge is 0.444 e. The van der Waals surface area contributed by atoms with Crippen molar-refractivity contribution in [2.24, 2.45) is 0 Å². The van der Waals surface area contributed by atoms with Crippen LogP contribution in [0.15, 0.2) is 78.9 Å². The molecule has 0 aromatic heterocycles. The molecule has 3 aromatic rings. The van der Waals surface area contributed by atoms with E-state index in [0.717, 1.165) is 16.7 Å². The smallest absolute Gasteiger partial charge is 0.331 e. The van der Waals surface area contributed by atoms with Crippen LogP contribution in [0.5, 0.6) is 0 Å². The number of rotatable bonds is 6. The number of aryl methyl sites for hydroxylation is 2. The molecule has 0 radical (unpaired) electrons. The highest BCUT2D eigenvalue weighted by molar-refractivity contribution is 6.30. The van der Waals surface area contributed by atoms with Crippen molar-refractivity contribution in [1.29, 1.82) is 0 Å². The van der Waals surface area contributed by atoms with Crippen LogP contribution in [0.4, 0.5) is 5.69 Å². The average Bonchev–Trinajstić information content (AvgIpc) is 2.70. The van der Waals surface area contributed by atoms with E-state index in [2.05, 4.69) is 5.32 Å². The molecule has 0 saturated heterocycles. The Bertz CT molecular complexity index is 1060. The highest BCUT2D eigenvalue weighted by Gasteiger charge is 2.24. The van der Waals surface area contributed by atoms with Crippen LogP contribution in [0.25, 0.3) is 6.08 Å². The Kier molecular flexibility index (Phi) is 7.04. The van der Waals surface area contributed by atoms with Crippen LogP contribution in [0.3, 0.4) is 0 Å². The summed E-state index contributed by atoms with van der Waals surface area (Å²) >= 11 is 5.96. The minimum absolute atomic E-state index is 0.421. The third-order valence-corrected chi connectivity index (χ3v) is 4.56. The molecular weight excluding hydrogens is 398 g/mol. The van der Waals surface area contributed by atoms with E-state index in [4.69, 9.17) is 16.3 Å². The number of anilines is 1. The van der Waals surface area contributed by atoms with Gasteiger partial charge in [-0.25, -0.2) is 4.79 Å². The maximum atomic E-state index is 13.0. The van der Waals surface area contributed by atoms with E-state index in [1.807, 2.05) is 44.2 Å². The summed E-state index contributed by atoms with van der Waals surface area (Å²) in [7, 11) is 0. The van der Waals surface area contributed by atoms with Gasteiger partial charge in [0, 0.05) is 22.3 Å². The lowest BCUT2D eigenvalue weighted by atomic mass is 10.1. The Labute approximate surface area is 181 Å². The molecule has 0 bridgehead atoms. The van der Waals surface area contributed by atoms with Crippen LogP contribution in [0.1, 0.15) is 28.4 Å². The predicted octanol–water partition coefficient (Wildman–Crippen LogP) is 5.89. The van der Waals surface area contributed by atoms with Crippen molar-refractivity contribution in [2.75, 3.05) is 5.32 Å². The standard InChI is InChI=1S/C25H22ClNO3/c1-17-13-18(2)15-22(14-17)27-25(29)24(20-8-4-3-5-9-20)30-23(28)12-11-19-7-6-10-21(26)16-19/h3-16,24H,1-2H3,(H,27,29)/t24-/m1/s1. The quantitative estimate of drug-likeness (QED) is 0.400. The van der Waals surface area contributed by atoms with Crippen LogP contribution < -0.4 is 5.32 Å². The van der Waals surface area contributed by atoms with Gasteiger partial charge in [-0.15, -0.1) is 0 Å². The molecule has 1 N–H and O–H groups in total. The summed E-state index contributed by atoms with van der Waals surface area (Å²) in [4.78, 5) is 25.4. The lowest BCUT2D eigenvalue weighted by Gasteiger charge is -2.18. The van der Waals surface area contributed by atoms with Gasteiger partial charge in [0.1, 0.15) is 0 Å². The number of nitrogens with one attached hydrogen (secondary N) is 1. The number of halogens is 1. The zero-order valence-electron chi connectivity index (χ0n) is 16.8. The molecule has 152 valence electrons. The summed E-state index contributed by atoms with van der Waals surface area (Å²) < 4.78 is 5.51. The molecular formula is C25H22ClNO3.